The molecule has 0 fully saturated rings. The van der Waals surface area contributed by atoms with E-state index in [9.17, 15) is 14.9 Å². The summed E-state index contributed by atoms with van der Waals surface area (Å²) in [5.74, 6) is -0.391. The molecule has 0 amide bonds. The van der Waals surface area contributed by atoms with Crippen molar-refractivity contribution in [3.8, 4) is 0 Å². The quantitative estimate of drug-likeness (QED) is 0.285. The Morgan fingerprint density at radius 1 is 1.41 bits per heavy atom. The normalized spacial score (nSPS) is 13.2. The number of nitrogens with zero attached hydrogens (tertiary/aromatic N) is 1. The molecule has 1 unspecified atom stereocenters. The fraction of sp³-hybridized carbons (Fsp3) is 0.917. The number of nitro groups is 1. The van der Waals surface area contributed by atoms with Gasteiger partial charge in [0.1, 0.15) is 0 Å². The fourth-order valence-corrected chi connectivity index (χ4v) is 1.93. The molecule has 0 bridgehead atoms. The average molecular weight is 245 g/mol. The van der Waals surface area contributed by atoms with Crippen LogP contribution in [-0.4, -0.2) is 24.0 Å². The van der Waals surface area contributed by atoms with Gasteiger partial charge in [-0.05, 0) is 6.42 Å². The minimum atomic E-state index is -0.687. The Balaban J connectivity index is 4.55. The topological polar surface area (TPSA) is 69.4 Å². The molecule has 0 radical (unpaired) electrons. The summed E-state index contributed by atoms with van der Waals surface area (Å²) in [6, 6.07) is -0.687. The number of esters is 1. The molecule has 5 heteroatoms. The monoisotopic (exact) mass is 245 g/mol. The minimum absolute atomic E-state index is 0.0846. The van der Waals surface area contributed by atoms with Crippen molar-refractivity contribution < 1.29 is 14.5 Å². The van der Waals surface area contributed by atoms with E-state index in [1.807, 2.05) is 0 Å². The van der Waals surface area contributed by atoms with E-state index in [1.165, 1.54) is 7.11 Å². The number of rotatable bonds is 8. The number of ether oxygens (including phenoxy) is 1. The Bertz CT molecular complexity index is 263. The molecule has 5 nitrogen and oxygen atoms in total. The molecule has 0 aliphatic heterocycles. The van der Waals surface area contributed by atoms with E-state index in [1.54, 1.807) is 13.8 Å². The van der Waals surface area contributed by atoms with Gasteiger partial charge in [-0.15, -0.1) is 0 Å². The van der Waals surface area contributed by atoms with Crippen LogP contribution in [0.25, 0.3) is 0 Å². The van der Waals surface area contributed by atoms with Crippen LogP contribution in [0.15, 0.2) is 0 Å². The smallest absolute Gasteiger partial charge is 0.306 e. The lowest BCUT2D eigenvalue weighted by Crippen LogP contribution is -2.38. The zero-order valence-electron chi connectivity index (χ0n) is 11.2. The van der Waals surface area contributed by atoms with Gasteiger partial charge in [0, 0.05) is 16.8 Å². The molecule has 0 aromatic carbocycles. The van der Waals surface area contributed by atoms with Gasteiger partial charge in [0.25, 0.3) is 0 Å². The van der Waals surface area contributed by atoms with Crippen LogP contribution >= 0.6 is 0 Å². The number of unbranched alkanes of at least 4 members (excludes halogenated alkanes) is 2. The SMILES string of the molecule is CCCCCC([N+](=O)[O-])C(C)(C)CC(=O)OC. The maximum absolute atomic E-state index is 11.2. The summed E-state index contributed by atoms with van der Waals surface area (Å²) in [5, 5.41) is 11.1. The van der Waals surface area contributed by atoms with Gasteiger partial charge >= 0.3 is 5.97 Å². The highest BCUT2D eigenvalue weighted by atomic mass is 16.6. The van der Waals surface area contributed by atoms with Crippen molar-refractivity contribution in [2.45, 2.75) is 58.9 Å². The van der Waals surface area contributed by atoms with Gasteiger partial charge in [0.2, 0.25) is 6.04 Å². The summed E-state index contributed by atoms with van der Waals surface area (Å²) < 4.78 is 4.58. The van der Waals surface area contributed by atoms with Gasteiger partial charge in [0.15, 0.2) is 0 Å². The van der Waals surface area contributed by atoms with Crippen molar-refractivity contribution in [2.24, 2.45) is 5.41 Å². The molecule has 1 atom stereocenters. The van der Waals surface area contributed by atoms with Crippen molar-refractivity contribution in [2.75, 3.05) is 7.11 Å². The summed E-state index contributed by atoms with van der Waals surface area (Å²) in [7, 11) is 1.30. The van der Waals surface area contributed by atoms with Crippen LogP contribution < -0.4 is 0 Å². The predicted octanol–water partition coefficient (Wildman–Crippen LogP) is 2.80. The van der Waals surface area contributed by atoms with E-state index < -0.39 is 17.4 Å². The number of hydrogen-bond donors (Lipinski definition) is 0. The molecule has 0 spiro atoms. The third-order valence-electron chi connectivity index (χ3n) is 3.07. The van der Waals surface area contributed by atoms with Gasteiger partial charge in [-0.1, -0.05) is 33.6 Å². The number of carbonyl (C=O) groups excluding carboxylic acids is 1. The molecule has 0 aliphatic carbocycles. The average Bonchev–Trinajstić information content (AvgIpc) is 2.22. The molecule has 0 aromatic heterocycles. The van der Waals surface area contributed by atoms with Gasteiger partial charge in [0.05, 0.1) is 13.5 Å². The van der Waals surface area contributed by atoms with Crippen LogP contribution in [0.2, 0.25) is 0 Å². The lowest BCUT2D eigenvalue weighted by molar-refractivity contribution is -0.541. The predicted molar refractivity (Wildman–Crippen MR) is 65.3 cm³/mol. The Kier molecular flexibility index (Phi) is 6.76. The number of methoxy groups -OCH3 is 1. The van der Waals surface area contributed by atoms with Gasteiger partial charge in [-0.25, -0.2) is 0 Å². The van der Waals surface area contributed by atoms with E-state index in [2.05, 4.69) is 11.7 Å². The number of carbonyl (C=O) groups is 1. The first-order chi connectivity index (χ1) is 7.85. The molecular formula is C12H23NO4. The van der Waals surface area contributed by atoms with Crippen molar-refractivity contribution in [3.05, 3.63) is 10.1 Å². The van der Waals surface area contributed by atoms with E-state index in [0.29, 0.717) is 6.42 Å². The number of hydrogen-bond acceptors (Lipinski definition) is 4. The third kappa shape index (κ3) is 5.65. The summed E-state index contributed by atoms with van der Waals surface area (Å²) in [6.07, 6.45) is 3.44. The van der Waals surface area contributed by atoms with Gasteiger partial charge in [-0.2, -0.15) is 0 Å². The lowest BCUT2D eigenvalue weighted by Gasteiger charge is -2.26. The third-order valence-corrected chi connectivity index (χ3v) is 3.07. The summed E-state index contributed by atoms with van der Waals surface area (Å²) in [5.41, 5.74) is -0.662. The fourth-order valence-electron chi connectivity index (χ4n) is 1.93. The van der Waals surface area contributed by atoms with Crippen LogP contribution in [-0.2, 0) is 9.53 Å². The molecule has 0 rings (SSSR count). The standard InChI is InChI=1S/C12H23NO4/c1-5-6-7-8-10(13(15)16)12(2,3)9-11(14)17-4/h10H,5-9H2,1-4H3. The summed E-state index contributed by atoms with van der Waals surface area (Å²) >= 11 is 0. The van der Waals surface area contributed by atoms with Crippen LogP contribution in [0.3, 0.4) is 0 Å². The lowest BCUT2D eigenvalue weighted by atomic mass is 9.79. The molecule has 0 N–H and O–H groups in total. The van der Waals surface area contributed by atoms with E-state index in [-0.39, 0.29) is 11.3 Å². The molecule has 0 saturated heterocycles. The highest BCUT2D eigenvalue weighted by Gasteiger charge is 2.40. The largest absolute Gasteiger partial charge is 0.469 e. The molecular weight excluding hydrogens is 222 g/mol. The van der Waals surface area contributed by atoms with Crippen molar-refractivity contribution in [1.82, 2.24) is 0 Å². The molecule has 0 saturated carbocycles. The molecule has 17 heavy (non-hydrogen) atoms. The Morgan fingerprint density at radius 3 is 2.41 bits per heavy atom. The second-order valence-corrected chi connectivity index (χ2v) is 5.04. The van der Waals surface area contributed by atoms with Crippen LogP contribution in [0, 0.1) is 15.5 Å². The molecule has 100 valence electrons. The van der Waals surface area contributed by atoms with E-state index >= 15 is 0 Å². The van der Waals surface area contributed by atoms with E-state index in [4.69, 9.17) is 0 Å². The zero-order chi connectivity index (χ0) is 13.5. The van der Waals surface area contributed by atoms with E-state index in [0.717, 1.165) is 19.3 Å². The van der Waals surface area contributed by atoms with Crippen LogP contribution in [0.5, 0.6) is 0 Å². The second kappa shape index (κ2) is 7.25. The van der Waals surface area contributed by atoms with Crippen LogP contribution in [0.1, 0.15) is 52.9 Å². The minimum Gasteiger partial charge on any atom is -0.469 e. The van der Waals surface area contributed by atoms with Crippen molar-refractivity contribution >= 4 is 5.97 Å². The maximum atomic E-state index is 11.2. The first-order valence-corrected chi connectivity index (χ1v) is 6.05. The maximum Gasteiger partial charge on any atom is 0.306 e. The highest BCUT2D eigenvalue weighted by molar-refractivity contribution is 5.70. The van der Waals surface area contributed by atoms with Gasteiger partial charge < -0.3 is 4.74 Å². The Labute approximate surface area is 103 Å². The second-order valence-electron chi connectivity index (χ2n) is 5.04. The van der Waals surface area contributed by atoms with Crippen LogP contribution in [0.4, 0.5) is 0 Å². The Hall–Kier alpha value is -1.13. The molecule has 0 aliphatic rings. The summed E-state index contributed by atoms with van der Waals surface area (Å²) in [4.78, 5) is 22.0. The first kappa shape index (κ1) is 15.9. The molecule has 0 heterocycles. The molecule has 0 aromatic rings. The zero-order valence-corrected chi connectivity index (χ0v) is 11.2. The van der Waals surface area contributed by atoms with Crippen molar-refractivity contribution in [1.29, 1.82) is 0 Å². The summed E-state index contributed by atoms with van der Waals surface area (Å²) in [6.45, 7) is 5.56. The first-order valence-electron chi connectivity index (χ1n) is 6.05. The van der Waals surface area contributed by atoms with Crippen molar-refractivity contribution in [3.63, 3.8) is 0 Å². The highest BCUT2D eigenvalue weighted by Crippen LogP contribution is 2.31. The Morgan fingerprint density at radius 2 is 2.00 bits per heavy atom. The van der Waals surface area contributed by atoms with Gasteiger partial charge in [-0.3, -0.25) is 14.9 Å².